The van der Waals surface area contributed by atoms with Gasteiger partial charge in [-0.05, 0) is 91.5 Å². The van der Waals surface area contributed by atoms with Gasteiger partial charge in [0.1, 0.15) is 12.8 Å². The van der Waals surface area contributed by atoms with E-state index in [2.05, 4.69) is 0 Å². The standard InChI is InChI=1S/C36H39F2NO6/c1-33-13-12-24(41)15-27(33)28(37)16-26-25-17-31-36(30(43)19-40,34(25,2)18-29(42)35(26,33)38)45-32(44-31)22-10-8-20(9-11-22)6-7-21-4-3-5-23(39)14-21/h3-8,10,12-15,25-26,28-29,31-32,40,42H,9,11,16-19,39H2,1-2H3/b7-6+/t25-,26-,28-,29-,31+,32-,33-,34-,35-,36+/m0/s1. The second-order valence-corrected chi connectivity index (χ2v) is 14.0. The highest BCUT2D eigenvalue weighted by molar-refractivity contribution is 6.01. The van der Waals surface area contributed by atoms with Crippen molar-refractivity contribution >= 4 is 23.3 Å². The summed E-state index contributed by atoms with van der Waals surface area (Å²) in [5, 5.41) is 21.9. The zero-order valence-electron chi connectivity index (χ0n) is 25.4. The molecule has 1 aliphatic heterocycles. The molecule has 10 atom stereocenters. The van der Waals surface area contributed by atoms with Crippen molar-refractivity contribution in [2.24, 2.45) is 22.7 Å². The van der Waals surface area contributed by atoms with Crippen LogP contribution in [0.5, 0.6) is 0 Å². The minimum atomic E-state index is -2.28. The van der Waals surface area contributed by atoms with Crippen molar-refractivity contribution in [1.82, 2.24) is 0 Å². The quantitative estimate of drug-likeness (QED) is 0.402. The number of alkyl halides is 2. The molecule has 0 radical (unpaired) electrons. The van der Waals surface area contributed by atoms with E-state index in [0.29, 0.717) is 18.5 Å². The molecule has 0 amide bonds. The molecule has 1 aromatic carbocycles. The molecule has 6 aliphatic rings. The molecule has 4 fully saturated rings. The van der Waals surface area contributed by atoms with Crippen LogP contribution >= 0.6 is 0 Å². The summed E-state index contributed by atoms with van der Waals surface area (Å²) in [4.78, 5) is 25.9. The Labute approximate surface area is 261 Å². The number of hydrogen-bond donors (Lipinski definition) is 3. The molecule has 238 valence electrons. The minimum Gasteiger partial charge on any atom is -0.399 e. The van der Waals surface area contributed by atoms with Gasteiger partial charge in [-0.25, -0.2) is 8.78 Å². The number of allylic oxidation sites excluding steroid dienone is 8. The number of benzene rings is 1. The number of carbonyl (C=O) groups is 2. The van der Waals surface area contributed by atoms with E-state index in [-0.39, 0.29) is 24.8 Å². The summed E-state index contributed by atoms with van der Waals surface area (Å²) in [6.07, 6.45) is 8.04. The number of carbonyl (C=O) groups excluding carboxylic acids is 2. The van der Waals surface area contributed by atoms with Crippen molar-refractivity contribution in [3.63, 3.8) is 0 Å². The first-order valence-corrected chi connectivity index (χ1v) is 15.7. The molecule has 1 saturated heterocycles. The second kappa shape index (κ2) is 10.4. The van der Waals surface area contributed by atoms with Gasteiger partial charge in [0.05, 0.1) is 12.2 Å². The van der Waals surface area contributed by atoms with Crippen LogP contribution in [0.1, 0.15) is 51.5 Å². The van der Waals surface area contributed by atoms with Crippen molar-refractivity contribution in [1.29, 1.82) is 0 Å². The van der Waals surface area contributed by atoms with E-state index in [1.165, 1.54) is 12.2 Å². The molecule has 0 bridgehead atoms. The number of hydrogen-bond acceptors (Lipinski definition) is 7. The first-order valence-electron chi connectivity index (χ1n) is 15.7. The third-order valence-corrected chi connectivity index (χ3v) is 11.8. The smallest absolute Gasteiger partial charge is 0.193 e. The van der Waals surface area contributed by atoms with Crippen LogP contribution in [0.4, 0.5) is 14.5 Å². The van der Waals surface area contributed by atoms with Crippen molar-refractivity contribution < 1.29 is 38.1 Å². The molecule has 4 N–H and O–H groups in total. The molecule has 7 rings (SSSR count). The first kappa shape index (κ1) is 30.4. The van der Waals surface area contributed by atoms with E-state index < -0.39 is 76.8 Å². The van der Waals surface area contributed by atoms with Crippen LogP contribution in [0.3, 0.4) is 0 Å². The molecule has 9 heteroatoms. The van der Waals surface area contributed by atoms with Gasteiger partial charge in [0.15, 0.2) is 29.1 Å². The molecule has 7 nitrogen and oxygen atoms in total. The van der Waals surface area contributed by atoms with Gasteiger partial charge in [-0.15, -0.1) is 0 Å². The van der Waals surface area contributed by atoms with Gasteiger partial charge >= 0.3 is 0 Å². The molecule has 1 heterocycles. The van der Waals surface area contributed by atoms with Crippen LogP contribution < -0.4 is 5.73 Å². The zero-order valence-corrected chi connectivity index (χ0v) is 25.4. The number of halogens is 2. The van der Waals surface area contributed by atoms with E-state index in [9.17, 15) is 19.8 Å². The lowest BCUT2D eigenvalue weighted by Crippen LogP contribution is -2.70. The zero-order chi connectivity index (χ0) is 31.9. The monoisotopic (exact) mass is 619 g/mol. The van der Waals surface area contributed by atoms with Gasteiger partial charge in [-0.1, -0.05) is 49.4 Å². The van der Waals surface area contributed by atoms with E-state index >= 15 is 8.78 Å². The molecular formula is C36H39F2NO6. The number of aliphatic hydroxyl groups excluding tert-OH is 2. The lowest BCUT2D eigenvalue weighted by Gasteiger charge is -2.63. The van der Waals surface area contributed by atoms with Gasteiger partial charge in [0.25, 0.3) is 0 Å². The van der Waals surface area contributed by atoms with Crippen LogP contribution in [0, 0.1) is 22.7 Å². The van der Waals surface area contributed by atoms with E-state index in [1.54, 1.807) is 13.8 Å². The van der Waals surface area contributed by atoms with Gasteiger partial charge in [0.2, 0.25) is 0 Å². The van der Waals surface area contributed by atoms with Gasteiger partial charge in [-0.2, -0.15) is 0 Å². The molecule has 0 aromatic heterocycles. The topological polar surface area (TPSA) is 119 Å². The SMILES string of the molecule is C[C@]12C=CC(=O)C=C1[C@@H](F)C[C@H]1[C@@H]3C[C@H]4O[C@H](C5=CC=C(/C=C/c6cccc(N)c6)CC5)O[C@@]4(C(=O)CO)[C@@]3(C)C[C@H](O)[C@@]12F. The van der Waals surface area contributed by atoms with Gasteiger partial charge in [0, 0.05) is 22.4 Å². The number of Topliss-reactive ketones (excluding diaryl/α,β-unsaturated/α-hetero) is 1. The molecule has 5 aliphatic carbocycles. The van der Waals surface area contributed by atoms with Crippen LogP contribution in [-0.4, -0.2) is 64.3 Å². The minimum absolute atomic E-state index is 0.0442. The van der Waals surface area contributed by atoms with Crippen molar-refractivity contribution in [3.05, 3.63) is 83.0 Å². The van der Waals surface area contributed by atoms with E-state index in [1.807, 2.05) is 48.6 Å². The average Bonchev–Trinajstić information content (AvgIpc) is 3.52. The Morgan fingerprint density at radius 1 is 1.16 bits per heavy atom. The normalized spacial score (nSPS) is 43.6. The Kier molecular flexibility index (Phi) is 7.02. The average molecular weight is 620 g/mol. The van der Waals surface area contributed by atoms with Crippen molar-refractivity contribution in [2.75, 3.05) is 12.3 Å². The summed E-state index contributed by atoms with van der Waals surface area (Å²) in [6.45, 7) is 2.52. The van der Waals surface area contributed by atoms with Crippen LogP contribution in [0.2, 0.25) is 0 Å². The Hall–Kier alpha value is -3.24. The van der Waals surface area contributed by atoms with Gasteiger partial charge < -0.3 is 25.4 Å². The number of anilines is 1. The number of fused-ring (bicyclic) bond motifs is 7. The maximum atomic E-state index is 17.6. The largest absolute Gasteiger partial charge is 0.399 e. The summed E-state index contributed by atoms with van der Waals surface area (Å²) in [5.41, 5.74) is 2.95. The van der Waals surface area contributed by atoms with Gasteiger partial charge in [-0.3, -0.25) is 9.59 Å². The summed E-state index contributed by atoms with van der Waals surface area (Å²) in [5.74, 6) is -2.56. The molecule has 0 unspecified atom stereocenters. The predicted molar refractivity (Wildman–Crippen MR) is 164 cm³/mol. The lowest BCUT2D eigenvalue weighted by atomic mass is 9.44. The number of nitrogens with two attached hydrogens (primary N) is 1. The number of rotatable bonds is 5. The fourth-order valence-electron chi connectivity index (χ4n) is 9.60. The second-order valence-electron chi connectivity index (χ2n) is 14.0. The fourth-order valence-corrected chi connectivity index (χ4v) is 9.60. The Morgan fingerprint density at radius 3 is 2.67 bits per heavy atom. The Bertz CT molecular complexity index is 1610. The molecule has 3 saturated carbocycles. The summed E-state index contributed by atoms with van der Waals surface area (Å²) in [7, 11) is 0. The number of aliphatic hydroxyl groups is 2. The van der Waals surface area contributed by atoms with Crippen LogP contribution in [0.25, 0.3) is 6.08 Å². The van der Waals surface area contributed by atoms with Crippen molar-refractivity contribution in [3.8, 4) is 0 Å². The molecular weight excluding hydrogens is 580 g/mol. The van der Waals surface area contributed by atoms with E-state index in [0.717, 1.165) is 22.8 Å². The third-order valence-electron chi connectivity index (χ3n) is 11.8. The number of nitrogen functional groups attached to an aromatic ring is 1. The maximum absolute atomic E-state index is 17.6. The summed E-state index contributed by atoms with van der Waals surface area (Å²) in [6, 6.07) is 7.60. The number of ether oxygens (including phenoxy) is 2. The molecule has 45 heavy (non-hydrogen) atoms. The molecule has 0 spiro atoms. The third kappa shape index (κ3) is 4.13. The van der Waals surface area contributed by atoms with Crippen LogP contribution in [-0.2, 0) is 19.1 Å². The summed E-state index contributed by atoms with van der Waals surface area (Å²) >= 11 is 0. The first-order chi connectivity index (χ1) is 21.4. The maximum Gasteiger partial charge on any atom is 0.193 e. The molecule has 1 aromatic rings. The number of ketones is 2. The fraction of sp³-hybridized carbons (Fsp3) is 0.500. The Morgan fingerprint density at radius 2 is 1.96 bits per heavy atom. The highest BCUT2D eigenvalue weighted by Gasteiger charge is 2.80. The highest BCUT2D eigenvalue weighted by atomic mass is 19.1. The highest BCUT2D eigenvalue weighted by Crippen LogP contribution is 2.72. The van der Waals surface area contributed by atoms with E-state index in [4.69, 9.17) is 15.2 Å². The summed E-state index contributed by atoms with van der Waals surface area (Å²) < 4.78 is 46.4. The Balaban J connectivity index is 1.19. The predicted octanol–water partition coefficient (Wildman–Crippen LogP) is 4.90. The van der Waals surface area contributed by atoms with Crippen LogP contribution in [0.15, 0.2) is 77.4 Å². The lowest BCUT2D eigenvalue weighted by molar-refractivity contribution is -0.231. The van der Waals surface area contributed by atoms with Crippen molar-refractivity contribution in [2.45, 2.75) is 81.9 Å².